The molecule has 0 fully saturated rings. The van der Waals surface area contributed by atoms with Crippen LogP contribution in [0.2, 0.25) is 0 Å². The van der Waals surface area contributed by atoms with Crippen LogP contribution in [-0.4, -0.2) is 26.6 Å². The van der Waals surface area contributed by atoms with Gasteiger partial charge < -0.3 is 5.32 Å². The Balaban J connectivity index is 1.51. The Labute approximate surface area is 165 Å². The molecule has 0 aliphatic rings. The number of thiazole rings is 1. The quantitative estimate of drug-likeness (QED) is 0.377. The third-order valence-electron chi connectivity index (χ3n) is 3.98. The highest BCUT2D eigenvalue weighted by Crippen LogP contribution is 2.28. The molecule has 2 aromatic carbocycles. The van der Waals surface area contributed by atoms with Crippen molar-refractivity contribution < 1.29 is 4.79 Å². The van der Waals surface area contributed by atoms with Crippen LogP contribution >= 0.6 is 23.1 Å². The highest BCUT2D eigenvalue weighted by Gasteiger charge is 2.13. The largest absolute Gasteiger partial charge is 0.301 e. The van der Waals surface area contributed by atoms with Crippen molar-refractivity contribution in [2.75, 3.05) is 11.1 Å². The number of para-hydroxylation sites is 2. The summed E-state index contributed by atoms with van der Waals surface area (Å²) in [5, 5.41) is 5.32. The average molecular weight is 395 g/mol. The van der Waals surface area contributed by atoms with Gasteiger partial charge in [-0.25, -0.2) is 15.0 Å². The molecule has 0 aliphatic heterocycles. The lowest BCUT2D eigenvalue weighted by molar-refractivity contribution is -0.113. The summed E-state index contributed by atoms with van der Waals surface area (Å²) in [5.41, 5.74) is 1.80. The van der Waals surface area contributed by atoms with Gasteiger partial charge in [-0.15, -0.1) is 0 Å². The second-order valence-electron chi connectivity index (χ2n) is 6.38. The predicted octanol–water partition coefficient (Wildman–Crippen LogP) is 5.09. The zero-order chi connectivity index (χ0) is 18.8. The third kappa shape index (κ3) is 3.94. The van der Waals surface area contributed by atoms with Crippen molar-refractivity contribution in [2.45, 2.75) is 24.8 Å². The van der Waals surface area contributed by atoms with Crippen LogP contribution in [0.1, 0.15) is 25.6 Å². The third-order valence-corrected chi connectivity index (χ3v) is 5.93. The van der Waals surface area contributed by atoms with Crippen molar-refractivity contribution in [3.05, 3.63) is 54.4 Å². The molecule has 0 aliphatic carbocycles. The van der Waals surface area contributed by atoms with Crippen LogP contribution in [0.15, 0.2) is 53.6 Å². The van der Waals surface area contributed by atoms with E-state index in [-0.39, 0.29) is 17.6 Å². The van der Waals surface area contributed by atoms with Gasteiger partial charge in [-0.1, -0.05) is 67.3 Å². The molecular formula is C20H18N4OS2. The van der Waals surface area contributed by atoms with Crippen molar-refractivity contribution in [3.63, 3.8) is 0 Å². The monoisotopic (exact) mass is 394 g/mol. The minimum Gasteiger partial charge on any atom is -0.301 e. The molecule has 0 spiro atoms. The maximum atomic E-state index is 12.4. The minimum atomic E-state index is -0.0900. The van der Waals surface area contributed by atoms with Crippen LogP contribution in [0.4, 0.5) is 5.13 Å². The van der Waals surface area contributed by atoms with E-state index in [4.69, 9.17) is 0 Å². The molecule has 4 aromatic rings. The zero-order valence-corrected chi connectivity index (χ0v) is 16.6. The molecular weight excluding hydrogens is 376 g/mol. The molecule has 0 saturated heterocycles. The van der Waals surface area contributed by atoms with E-state index in [1.807, 2.05) is 48.5 Å². The summed E-state index contributed by atoms with van der Waals surface area (Å²) in [5.74, 6) is 1.20. The molecule has 2 heterocycles. The van der Waals surface area contributed by atoms with E-state index < -0.39 is 0 Å². The van der Waals surface area contributed by atoms with Crippen molar-refractivity contribution in [1.29, 1.82) is 0 Å². The number of fused-ring (bicyclic) bond motifs is 2. The molecule has 0 saturated carbocycles. The Morgan fingerprint density at radius 2 is 1.78 bits per heavy atom. The van der Waals surface area contributed by atoms with Gasteiger partial charge in [0.05, 0.1) is 21.5 Å². The fourth-order valence-corrected chi connectivity index (χ4v) is 4.36. The van der Waals surface area contributed by atoms with Gasteiger partial charge in [-0.2, -0.15) is 0 Å². The van der Waals surface area contributed by atoms with E-state index in [1.165, 1.54) is 23.1 Å². The summed E-state index contributed by atoms with van der Waals surface area (Å²) < 4.78 is 1.06. The summed E-state index contributed by atoms with van der Waals surface area (Å²) in [6.07, 6.45) is 0. The van der Waals surface area contributed by atoms with Crippen molar-refractivity contribution in [3.8, 4) is 0 Å². The fraction of sp³-hybridized carbons (Fsp3) is 0.200. The highest BCUT2D eigenvalue weighted by atomic mass is 32.2. The molecule has 0 unspecified atom stereocenters. The van der Waals surface area contributed by atoms with Gasteiger partial charge in [0.25, 0.3) is 0 Å². The number of hydrogen-bond donors (Lipinski definition) is 1. The smallest absolute Gasteiger partial charge is 0.236 e. The number of carbonyl (C=O) groups is 1. The summed E-state index contributed by atoms with van der Waals surface area (Å²) in [6.45, 7) is 4.14. The van der Waals surface area contributed by atoms with Gasteiger partial charge in [0.15, 0.2) is 5.13 Å². The number of aromatic nitrogens is 3. The Morgan fingerprint density at radius 3 is 2.56 bits per heavy atom. The second kappa shape index (κ2) is 7.62. The number of rotatable bonds is 5. The number of amides is 1. The number of carbonyl (C=O) groups excluding carboxylic acids is 1. The first kappa shape index (κ1) is 17.9. The lowest BCUT2D eigenvalue weighted by atomic mass is 10.2. The summed E-state index contributed by atoms with van der Waals surface area (Å²) >= 11 is 2.91. The van der Waals surface area contributed by atoms with Gasteiger partial charge in [-0.05, 0) is 18.2 Å². The Bertz CT molecular complexity index is 1090. The van der Waals surface area contributed by atoms with E-state index >= 15 is 0 Å². The molecule has 136 valence electrons. The first-order valence-corrected chi connectivity index (χ1v) is 10.5. The van der Waals surface area contributed by atoms with Crippen molar-refractivity contribution in [2.24, 2.45) is 0 Å². The van der Waals surface area contributed by atoms with Crippen LogP contribution in [0.5, 0.6) is 0 Å². The lowest BCUT2D eigenvalue weighted by Gasteiger charge is -2.10. The topological polar surface area (TPSA) is 67.8 Å². The van der Waals surface area contributed by atoms with Crippen LogP contribution < -0.4 is 5.32 Å². The standard InChI is InChI=1S/C20H18N4OS2/c1-12(2)18-21-14-8-4-3-7-13(14)19(24-18)26-11-17(25)23-20-22-15-9-5-6-10-16(15)27-20/h3-10,12H,11H2,1-2H3,(H,22,23,25). The van der Waals surface area contributed by atoms with E-state index in [0.29, 0.717) is 5.13 Å². The zero-order valence-electron chi connectivity index (χ0n) is 15.0. The number of benzene rings is 2. The van der Waals surface area contributed by atoms with Gasteiger partial charge in [0, 0.05) is 11.3 Å². The summed E-state index contributed by atoms with van der Waals surface area (Å²) in [7, 11) is 0. The van der Waals surface area contributed by atoms with E-state index in [2.05, 4.69) is 34.1 Å². The molecule has 2 aromatic heterocycles. The number of nitrogens with zero attached hydrogens (tertiary/aromatic N) is 3. The molecule has 5 nitrogen and oxygen atoms in total. The summed E-state index contributed by atoms with van der Waals surface area (Å²) in [4.78, 5) is 26.1. The molecule has 0 atom stereocenters. The summed E-state index contributed by atoms with van der Waals surface area (Å²) in [6, 6.07) is 15.8. The fourth-order valence-electron chi connectivity index (χ4n) is 2.65. The van der Waals surface area contributed by atoms with Crippen molar-refractivity contribution >= 4 is 55.3 Å². The minimum absolute atomic E-state index is 0.0900. The van der Waals surface area contributed by atoms with Crippen LogP contribution in [0.25, 0.3) is 21.1 Å². The molecule has 0 radical (unpaired) electrons. The number of nitrogens with one attached hydrogen (secondary N) is 1. The predicted molar refractivity (Wildman–Crippen MR) is 113 cm³/mol. The van der Waals surface area contributed by atoms with E-state index in [9.17, 15) is 4.79 Å². The maximum absolute atomic E-state index is 12.4. The Hall–Kier alpha value is -2.51. The van der Waals surface area contributed by atoms with E-state index in [1.54, 1.807) is 0 Å². The highest BCUT2D eigenvalue weighted by molar-refractivity contribution is 8.00. The van der Waals surface area contributed by atoms with Crippen LogP contribution in [0, 0.1) is 0 Å². The number of hydrogen-bond acceptors (Lipinski definition) is 6. The van der Waals surface area contributed by atoms with Gasteiger partial charge in [-0.3, -0.25) is 4.79 Å². The van der Waals surface area contributed by atoms with E-state index in [0.717, 1.165) is 32.0 Å². The molecule has 4 rings (SSSR count). The van der Waals surface area contributed by atoms with Crippen LogP contribution in [-0.2, 0) is 4.79 Å². The average Bonchev–Trinajstić information content (AvgIpc) is 3.08. The number of thioether (sulfide) groups is 1. The Kier molecular flexibility index (Phi) is 5.05. The van der Waals surface area contributed by atoms with Gasteiger partial charge in [0.2, 0.25) is 5.91 Å². The lowest BCUT2D eigenvalue weighted by Crippen LogP contribution is -2.14. The SMILES string of the molecule is CC(C)c1nc(SCC(=O)Nc2nc3ccccc3s2)c2ccccc2n1. The first-order chi connectivity index (χ1) is 13.1. The molecule has 0 bridgehead atoms. The second-order valence-corrected chi connectivity index (χ2v) is 8.38. The molecule has 1 amide bonds. The normalized spacial score (nSPS) is 11.4. The van der Waals surface area contributed by atoms with Crippen LogP contribution in [0.3, 0.4) is 0 Å². The molecule has 27 heavy (non-hydrogen) atoms. The van der Waals surface area contributed by atoms with Gasteiger partial charge in [0.1, 0.15) is 10.9 Å². The Morgan fingerprint density at radius 1 is 1.04 bits per heavy atom. The number of anilines is 1. The molecule has 1 N–H and O–H groups in total. The van der Waals surface area contributed by atoms with Gasteiger partial charge >= 0.3 is 0 Å². The first-order valence-electron chi connectivity index (χ1n) is 8.65. The van der Waals surface area contributed by atoms with Crippen molar-refractivity contribution in [1.82, 2.24) is 15.0 Å². The molecule has 7 heteroatoms. The maximum Gasteiger partial charge on any atom is 0.236 e.